The second-order valence-electron chi connectivity index (χ2n) is 8.83. The van der Waals surface area contributed by atoms with E-state index >= 15 is 0 Å². The Hall–Kier alpha value is -4.59. The molecule has 4 aromatic rings. The minimum absolute atomic E-state index is 0.0538. The Bertz CT molecular complexity index is 1450. The summed E-state index contributed by atoms with van der Waals surface area (Å²) in [7, 11) is 0. The Labute approximate surface area is 215 Å². The third-order valence-corrected chi connectivity index (χ3v) is 6.09. The molecule has 0 bridgehead atoms. The molecule has 0 radical (unpaired) electrons. The van der Waals surface area contributed by atoms with E-state index in [2.05, 4.69) is 10.3 Å². The molecule has 0 unspecified atom stereocenters. The molecular weight excluding hydrogens is 466 g/mol. The molecule has 0 saturated heterocycles. The molecule has 0 atom stereocenters. The third-order valence-electron chi connectivity index (χ3n) is 6.09. The van der Waals surface area contributed by atoms with Crippen molar-refractivity contribution >= 4 is 23.1 Å². The van der Waals surface area contributed by atoms with Gasteiger partial charge < -0.3 is 16.0 Å². The summed E-state index contributed by atoms with van der Waals surface area (Å²) >= 11 is 0. The van der Waals surface area contributed by atoms with Gasteiger partial charge in [0, 0.05) is 18.8 Å². The normalized spacial score (nSPS) is 10.7. The Morgan fingerprint density at radius 3 is 2.19 bits per heavy atom. The van der Waals surface area contributed by atoms with E-state index in [4.69, 9.17) is 5.73 Å². The Morgan fingerprint density at radius 1 is 0.919 bits per heavy atom. The summed E-state index contributed by atoms with van der Waals surface area (Å²) in [5, 5.41) is 2.90. The third kappa shape index (κ3) is 6.35. The van der Waals surface area contributed by atoms with Crippen LogP contribution < -0.4 is 27.2 Å². The number of aromatic nitrogens is 2. The highest BCUT2D eigenvalue weighted by Gasteiger charge is 2.21. The van der Waals surface area contributed by atoms with Crippen LogP contribution in [0.5, 0.6) is 0 Å². The summed E-state index contributed by atoms with van der Waals surface area (Å²) in [5.74, 6) is -0.258. The first-order valence-corrected chi connectivity index (χ1v) is 12.3. The summed E-state index contributed by atoms with van der Waals surface area (Å²) in [4.78, 5) is 42.4. The van der Waals surface area contributed by atoms with E-state index in [1.165, 1.54) is 4.57 Å². The molecular formula is C29H31N5O3. The van der Waals surface area contributed by atoms with Gasteiger partial charge in [0.05, 0.1) is 6.54 Å². The van der Waals surface area contributed by atoms with E-state index in [0.717, 1.165) is 29.5 Å². The zero-order valence-corrected chi connectivity index (χ0v) is 20.8. The van der Waals surface area contributed by atoms with Crippen LogP contribution in [0.3, 0.4) is 0 Å². The van der Waals surface area contributed by atoms with Crippen molar-refractivity contribution in [3.05, 3.63) is 111 Å². The number of amides is 1. The largest absolute Gasteiger partial charge is 0.383 e. The van der Waals surface area contributed by atoms with Crippen molar-refractivity contribution in [2.45, 2.75) is 32.9 Å². The number of unbranched alkanes of at least 4 members (excludes halogenated alkanes) is 1. The molecule has 190 valence electrons. The number of H-pyrrole nitrogens is 1. The van der Waals surface area contributed by atoms with Crippen LogP contribution in [0.4, 0.5) is 17.2 Å². The van der Waals surface area contributed by atoms with Crippen molar-refractivity contribution in [2.75, 3.05) is 22.5 Å². The highest BCUT2D eigenvalue weighted by molar-refractivity contribution is 5.94. The number of nitrogens with two attached hydrogens (primary N) is 1. The standard InChI is InChI=1S/C29H31N5O3/c1-2-3-18-34-27(30)26(28(36)32-29(34)37)33(19-21-10-6-4-7-11-21)20-25(35)31-24-16-14-23(15-17-24)22-12-8-5-9-13-22/h4-17H,2-3,18-20,30H2,1H3,(H,31,35)(H,32,36,37). The fourth-order valence-corrected chi connectivity index (χ4v) is 4.19. The number of hydrogen-bond acceptors (Lipinski definition) is 5. The van der Waals surface area contributed by atoms with Gasteiger partial charge in [0.25, 0.3) is 5.56 Å². The van der Waals surface area contributed by atoms with Crippen molar-refractivity contribution in [2.24, 2.45) is 0 Å². The van der Waals surface area contributed by atoms with Gasteiger partial charge >= 0.3 is 5.69 Å². The van der Waals surface area contributed by atoms with E-state index in [1.54, 1.807) is 4.90 Å². The van der Waals surface area contributed by atoms with E-state index in [-0.39, 0.29) is 30.5 Å². The number of rotatable bonds is 10. The fraction of sp³-hybridized carbons (Fsp3) is 0.207. The van der Waals surface area contributed by atoms with Crippen molar-refractivity contribution in [1.82, 2.24) is 9.55 Å². The maximum absolute atomic E-state index is 13.1. The lowest BCUT2D eigenvalue weighted by Crippen LogP contribution is -2.41. The molecule has 3 aromatic carbocycles. The molecule has 0 saturated carbocycles. The second-order valence-corrected chi connectivity index (χ2v) is 8.83. The number of aromatic amines is 1. The monoisotopic (exact) mass is 497 g/mol. The Kier molecular flexibility index (Phi) is 8.20. The van der Waals surface area contributed by atoms with Crippen LogP contribution in [-0.4, -0.2) is 22.0 Å². The second kappa shape index (κ2) is 11.9. The van der Waals surface area contributed by atoms with Gasteiger partial charge in [-0.2, -0.15) is 0 Å². The predicted octanol–water partition coefficient (Wildman–Crippen LogP) is 4.23. The van der Waals surface area contributed by atoms with Crippen molar-refractivity contribution in [1.29, 1.82) is 0 Å². The molecule has 37 heavy (non-hydrogen) atoms. The highest BCUT2D eigenvalue weighted by Crippen LogP contribution is 2.22. The lowest BCUT2D eigenvalue weighted by atomic mass is 10.1. The molecule has 1 heterocycles. The number of carbonyl (C=O) groups excluding carboxylic acids is 1. The predicted molar refractivity (Wildman–Crippen MR) is 149 cm³/mol. The maximum atomic E-state index is 13.1. The SMILES string of the molecule is CCCCn1c(N)c(N(CC(=O)Nc2ccc(-c3ccccc3)cc2)Cc2ccccc2)c(=O)[nH]c1=O. The summed E-state index contributed by atoms with van der Waals surface area (Å²) in [6, 6.07) is 27.0. The summed E-state index contributed by atoms with van der Waals surface area (Å²) in [6.45, 7) is 2.52. The van der Waals surface area contributed by atoms with Gasteiger partial charge in [-0.05, 0) is 35.2 Å². The van der Waals surface area contributed by atoms with Crippen LogP contribution in [-0.2, 0) is 17.9 Å². The first-order valence-electron chi connectivity index (χ1n) is 12.3. The van der Waals surface area contributed by atoms with E-state index < -0.39 is 11.2 Å². The fourth-order valence-electron chi connectivity index (χ4n) is 4.19. The maximum Gasteiger partial charge on any atom is 0.330 e. The molecule has 4 rings (SSSR count). The van der Waals surface area contributed by atoms with Gasteiger partial charge in [-0.1, -0.05) is 86.1 Å². The molecule has 0 aliphatic carbocycles. The van der Waals surface area contributed by atoms with E-state index in [9.17, 15) is 14.4 Å². The zero-order chi connectivity index (χ0) is 26.2. The summed E-state index contributed by atoms with van der Waals surface area (Å²) in [5.41, 5.74) is 8.94. The first-order chi connectivity index (χ1) is 18.0. The van der Waals surface area contributed by atoms with E-state index in [1.807, 2.05) is 91.9 Å². The Morgan fingerprint density at radius 2 is 1.54 bits per heavy atom. The minimum atomic E-state index is -0.619. The molecule has 0 spiro atoms. The number of nitrogens with zero attached hydrogens (tertiary/aromatic N) is 2. The number of nitrogen functional groups attached to an aromatic ring is 1. The average Bonchev–Trinajstić information content (AvgIpc) is 2.90. The summed E-state index contributed by atoms with van der Waals surface area (Å²) in [6.07, 6.45) is 1.59. The Balaban J connectivity index is 1.59. The molecule has 8 heteroatoms. The molecule has 0 aliphatic rings. The number of nitrogens with one attached hydrogen (secondary N) is 2. The number of hydrogen-bond donors (Lipinski definition) is 3. The molecule has 8 nitrogen and oxygen atoms in total. The lowest BCUT2D eigenvalue weighted by molar-refractivity contribution is -0.115. The zero-order valence-electron chi connectivity index (χ0n) is 20.8. The van der Waals surface area contributed by atoms with Gasteiger partial charge in [-0.3, -0.25) is 19.1 Å². The van der Waals surface area contributed by atoms with Crippen LogP contribution in [0.1, 0.15) is 25.3 Å². The lowest BCUT2D eigenvalue weighted by Gasteiger charge is -2.26. The molecule has 1 aromatic heterocycles. The quantitative estimate of drug-likeness (QED) is 0.303. The topological polar surface area (TPSA) is 113 Å². The molecule has 1 amide bonds. The van der Waals surface area contributed by atoms with Gasteiger partial charge in [-0.15, -0.1) is 0 Å². The van der Waals surface area contributed by atoms with Gasteiger partial charge in [0.1, 0.15) is 11.5 Å². The smallest absolute Gasteiger partial charge is 0.330 e. The van der Waals surface area contributed by atoms with Gasteiger partial charge in [0.2, 0.25) is 5.91 Å². The average molecular weight is 498 g/mol. The van der Waals surface area contributed by atoms with Crippen molar-refractivity contribution < 1.29 is 4.79 Å². The molecule has 4 N–H and O–H groups in total. The van der Waals surface area contributed by atoms with Crippen molar-refractivity contribution in [3.63, 3.8) is 0 Å². The van der Waals surface area contributed by atoms with Crippen LogP contribution in [0, 0.1) is 0 Å². The minimum Gasteiger partial charge on any atom is -0.383 e. The van der Waals surface area contributed by atoms with E-state index in [0.29, 0.717) is 12.2 Å². The van der Waals surface area contributed by atoms with Crippen LogP contribution in [0.2, 0.25) is 0 Å². The van der Waals surface area contributed by atoms with Crippen LogP contribution in [0.25, 0.3) is 11.1 Å². The van der Waals surface area contributed by atoms with Gasteiger partial charge in [-0.25, -0.2) is 4.79 Å². The number of benzene rings is 3. The van der Waals surface area contributed by atoms with Crippen LogP contribution >= 0.6 is 0 Å². The first kappa shape index (κ1) is 25.5. The van der Waals surface area contributed by atoms with Crippen molar-refractivity contribution in [3.8, 4) is 11.1 Å². The molecule has 0 fully saturated rings. The number of anilines is 3. The molecule has 0 aliphatic heterocycles. The van der Waals surface area contributed by atoms with Crippen LogP contribution in [0.15, 0.2) is 94.5 Å². The highest BCUT2D eigenvalue weighted by atomic mass is 16.2. The van der Waals surface area contributed by atoms with Gasteiger partial charge in [0.15, 0.2) is 0 Å². The summed E-state index contributed by atoms with van der Waals surface area (Å²) < 4.78 is 1.36. The number of carbonyl (C=O) groups is 1.